The predicted octanol–water partition coefficient (Wildman–Crippen LogP) is 4.39. The van der Waals surface area contributed by atoms with Crippen LogP contribution >= 0.6 is 0 Å². The van der Waals surface area contributed by atoms with Crippen molar-refractivity contribution in [1.29, 1.82) is 0 Å². The molecule has 0 saturated carbocycles. The number of aromatic nitrogens is 3. The highest BCUT2D eigenvalue weighted by molar-refractivity contribution is 6.03. The van der Waals surface area contributed by atoms with Crippen molar-refractivity contribution in [3.8, 4) is 17.3 Å². The fourth-order valence-corrected chi connectivity index (χ4v) is 4.50. The lowest BCUT2D eigenvalue weighted by Crippen LogP contribution is -2.42. The van der Waals surface area contributed by atoms with Gasteiger partial charge >= 0.3 is 12.0 Å². The largest absolute Gasteiger partial charge is 0.467 e. The number of nitrogens with one attached hydrogen (secondary N) is 2. The summed E-state index contributed by atoms with van der Waals surface area (Å²) >= 11 is 0. The lowest BCUT2D eigenvalue weighted by atomic mass is 10.1. The molecule has 2 amide bonds. The Morgan fingerprint density at radius 3 is 2.82 bits per heavy atom. The Bertz CT molecular complexity index is 1180. The Labute approximate surface area is 199 Å². The zero-order chi connectivity index (χ0) is 23.5. The first-order valence-corrected chi connectivity index (χ1v) is 11.7. The molecule has 2 aliphatic heterocycles. The topological polar surface area (TPSA) is 95.5 Å². The van der Waals surface area contributed by atoms with Crippen LogP contribution < -0.4 is 25.2 Å². The van der Waals surface area contributed by atoms with E-state index in [-0.39, 0.29) is 18.1 Å². The molecular weight excluding hydrogens is 430 g/mol. The van der Waals surface area contributed by atoms with Gasteiger partial charge in [0, 0.05) is 43.1 Å². The van der Waals surface area contributed by atoms with Crippen LogP contribution in [0.3, 0.4) is 0 Å². The van der Waals surface area contributed by atoms with Crippen LogP contribution in [-0.2, 0) is 0 Å². The molecule has 0 spiro atoms. The Hall–Kier alpha value is -3.88. The fraction of sp³-hybridized carbons (Fsp3) is 0.360. The normalized spacial score (nSPS) is 17.5. The van der Waals surface area contributed by atoms with Crippen molar-refractivity contribution in [2.75, 3.05) is 47.2 Å². The van der Waals surface area contributed by atoms with E-state index < -0.39 is 0 Å². The maximum atomic E-state index is 13.4. The van der Waals surface area contributed by atoms with Crippen molar-refractivity contribution in [2.24, 2.45) is 0 Å². The average Bonchev–Trinajstić information content (AvgIpc) is 3.35. The highest BCUT2D eigenvalue weighted by Crippen LogP contribution is 2.34. The van der Waals surface area contributed by atoms with E-state index in [4.69, 9.17) is 9.72 Å². The number of benzene rings is 1. The van der Waals surface area contributed by atoms with Crippen LogP contribution in [0.25, 0.3) is 11.3 Å². The van der Waals surface area contributed by atoms with E-state index in [0.29, 0.717) is 11.6 Å². The molecular formula is C25H29N7O2. The Morgan fingerprint density at radius 2 is 2.00 bits per heavy atom. The number of pyridine rings is 1. The van der Waals surface area contributed by atoms with E-state index in [1.165, 1.54) is 25.6 Å². The van der Waals surface area contributed by atoms with Gasteiger partial charge in [0.2, 0.25) is 0 Å². The van der Waals surface area contributed by atoms with Crippen LogP contribution in [0, 0.1) is 0 Å². The van der Waals surface area contributed by atoms with Gasteiger partial charge in [-0.1, -0.05) is 12.1 Å². The molecule has 1 saturated heterocycles. The molecule has 34 heavy (non-hydrogen) atoms. The van der Waals surface area contributed by atoms with Crippen molar-refractivity contribution < 1.29 is 9.53 Å². The van der Waals surface area contributed by atoms with E-state index in [1.54, 1.807) is 17.2 Å². The van der Waals surface area contributed by atoms with Gasteiger partial charge in [0.05, 0.1) is 18.5 Å². The van der Waals surface area contributed by atoms with E-state index in [9.17, 15) is 4.79 Å². The number of rotatable bonds is 4. The number of urea groups is 1. The monoisotopic (exact) mass is 459 g/mol. The summed E-state index contributed by atoms with van der Waals surface area (Å²) in [6, 6.07) is 14.0. The first-order chi connectivity index (χ1) is 16.6. The van der Waals surface area contributed by atoms with Crippen molar-refractivity contribution in [1.82, 2.24) is 15.0 Å². The summed E-state index contributed by atoms with van der Waals surface area (Å²) in [5.41, 5.74) is 3.91. The number of carbonyl (C=O) groups is 1. The highest BCUT2D eigenvalue weighted by Gasteiger charge is 2.29. The lowest BCUT2D eigenvalue weighted by Gasteiger charge is -2.27. The van der Waals surface area contributed by atoms with Crippen LogP contribution in [-0.4, -0.2) is 53.8 Å². The van der Waals surface area contributed by atoms with E-state index in [2.05, 4.69) is 49.8 Å². The third-order valence-electron chi connectivity index (χ3n) is 6.30. The van der Waals surface area contributed by atoms with Gasteiger partial charge < -0.3 is 15.0 Å². The van der Waals surface area contributed by atoms with Gasteiger partial charge in [0.15, 0.2) is 5.82 Å². The van der Waals surface area contributed by atoms with Gasteiger partial charge in [-0.15, -0.1) is 0 Å². The molecule has 1 fully saturated rings. The van der Waals surface area contributed by atoms with Crippen molar-refractivity contribution >= 4 is 29.0 Å². The molecule has 0 aliphatic carbocycles. The summed E-state index contributed by atoms with van der Waals surface area (Å²) in [7, 11) is 1.49. The number of hydrogen-bond acceptors (Lipinski definition) is 7. The molecule has 176 valence electrons. The average molecular weight is 460 g/mol. The smallest absolute Gasteiger partial charge is 0.328 e. The molecule has 1 atom stereocenters. The minimum absolute atomic E-state index is 0.0591. The number of nitrogens with zero attached hydrogens (tertiary/aromatic N) is 5. The van der Waals surface area contributed by atoms with Gasteiger partial charge in [-0.25, -0.2) is 14.8 Å². The van der Waals surface area contributed by atoms with Gasteiger partial charge in [-0.2, -0.15) is 4.98 Å². The minimum atomic E-state index is -0.298. The Balaban J connectivity index is 1.48. The molecule has 2 N–H and O–H groups in total. The van der Waals surface area contributed by atoms with Crippen LogP contribution in [0.4, 0.5) is 27.8 Å². The molecule has 1 aromatic carbocycles. The van der Waals surface area contributed by atoms with Crippen LogP contribution in [0.15, 0.2) is 48.7 Å². The van der Waals surface area contributed by atoms with Crippen molar-refractivity contribution in [2.45, 2.75) is 32.2 Å². The third-order valence-corrected chi connectivity index (χ3v) is 6.30. The second-order valence-corrected chi connectivity index (χ2v) is 8.61. The lowest BCUT2D eigenvalue weighted by molar-refractivity contribution is 0.255. The molecule has 5 rings (SSSR count). The first kappa shape index (κ1) is 21.9. The van der Waals surface area contributed by atoms with Gasteiger partial charge in [-0.3, -0.25) is 10.2 Å². The van der Waals surface area contributed by atoms with Gasteiger partial charge in [0.25, 0.3) is 0 Å². The quantitative estimate of drug-likeness (QED) is 0.597. The molecule has 0 bridgehead atoms. The summed E-state index contributed by atoms with van der Waals surface area (Å²) in [6.45, 7) is 4.96. The zero-order valence-electron chi connectivity index (χ0n) is 19.5. The zero-order valence-corrected chi connectivity index (χ0v) is 19.5. The summed E-state index contributed by atoms with van der Waals surface area (Å²) in [4.78, 5) is 30.7. The number of hydrogen-bond donors (Lipinski definition) is 2. The number of amides is 2. The molecule has 0 radical (unpaired) electrons. The molecule has 2 aliphatic rings. The summed E-state index contributed by atoms with van der Waals surface area (Å²) < 4.78 is 5.08. The molecule has 9 heteroatoms. The Morgan fingerprint density at radius 1 is 1.15 bits per heavy atom. The third kappa shape index (κ3) is 4.46. The van der Waals surface area contributed by atoms with E-state index >= 15 is 0 Å². The fourth-order valence-electron chi connectivity index (χ4n) is 4.50. The van der Waals surface area contributed by atoms with E-state index in [1.807, 2.05) is 19.1 Å². The molecule has 0 unspecified atom stereocenters. The number of methoxy groups -OCH3 is 1. The molecule has 2 aromatic heterocycles. The SMILES string of the molecule is COc1nccc(NC(=O)N2c3nc(-c4cccc(N5CCCC5)c4)ccc3NCC[C@H]2C)n1. The van der Waals surface area contributed by atoms with Crippen molar-refractivity contribution in [3.05, 3.63) is 48.7 Å². The Kier molecular flexibility index (Phi) is 6.16. The number of ether oxygens (including phenoxy) is 1. The molecule has 4 heterocycles. The summed E-state index contributed by atoms with van der Waals surface area (Å²) in [5.74, 6) is 0.977. The van der Waals surface area contributed by atoms with Crippen LogP contribution in [0.2, 0.25) is 0 Å². The first-order valence-electron chi connectivity index (χ1n) is 11.7. The number of carbonyl (C=O) groups excluding carboxylic acids is 1. The maximum absolute atomic E-state index is 13.4. The standard InChI is InChI=1S/C25H29N7O2/c1-17-10-12-26-21-9-8-20(18-6-5-7-19(16-18)31-14-3-4-15-31)28-23(21)32(17)25(33)30-22-11-13-27-24(29-22)34-2/h5-9,11,13,16-17,26H,3-4,10,12,14-15H2,1-2H3,(H,27,29,30,33)/t17-/m1/s1. The van der Waals surface area contributed by atoms with Crippen molar-refractivity contribution in [3.63, 3.8) is 0 Å². The summed E-state index contributed by atoms with van der Waals surface area (Å²) in [6.07, 6.45) is 4.80. The minimum Gasteiger partial charge on any atom is -0.467 e. The second-order valence-electron chi connectivity index (χ2n) is 8.61. The number of anilines is 4. The second kappa shape index (κ2) is 9.54. The highest BCUT2D eigenvalue weighted by atomic mass is 16.5. The van der Waals surface area contributed by atoms with E-state index in [0.717, 1.165) is 43.0 Å². The van der Waals surface area contributed by atoms with Gasteiger partial charge in [-0.05, 0) is 56.5 Å². The van der Waals surface area contributed by atoms with Gasteiger partial charge in [0.1, 0.15) is 5.82 Å². The van der Waals surface area contributed by atoms with Crippen LogP contribution in [0.1, 0.15) is 26.2 Å². The predicted molar refractivity (Wildman–Crippen MR) is 134 cm³/mol. The summed E-state index contributed by atoms with van der Waals surface area (Å²) in [5, 5.41) is 6.29. The van der Waals surface area contributed by atoms with Crippen LogP contribution in [0.5, 0.6) is 6.01 Å². The maximum Gasteiger partial charge on any atom is 0.328 e. The molecule has 9 nitrogen and oxygen atoms in total. The molecule has 3 aromatic rings. The number of fused-ring (bicyclic) bond motifs is 1.